The van der Waals surface area contributed by atoms with Crippen molar-refractivity contribution in [2.24, 2.45) is 0 Å². The molecule has 0 atom stereocenters. The number of hydrogen-bond donors (Lipinski definition) is 2. The summed E-state index contributed by atoms with van der Waals surface area (Å²) in [5.41, 5.74) is 6.85. The fraction of sp³-hybridized carbons (Fsp3) is 0.278. The second-order valence-corrected chi connectivity index (χ2v) is 7.11. The van der Waals surface area contributed by atoms with Crippen molar-refractivity contribution < 1.29 is 9.59 Å². The Labute approximate surface area is 160 Å². The molecular formula is C18H18ClN5O3. The summed E-state index contributed by atoms with van der Waals surface area (Å²) in [6.07, 6.45) is 0. The molecule has 140 valence electrons. The number of hydrogen-bond acceptors (Lipinski definition) is 6. The highest BCUT2D eigenvalue weighted by Crippen LogP contribution is 2.30. The smallest absolute Gasteiger partial charge is 0.262 e. The van der Waals surface area contributed by atoms with Gasteiger partial charge in [0.05, 0.1) is 21.8 Å². The van der Waals surface area contributed by atoms with Gasteiger partial charge < -0.3 is 15.5 Å². The Kier molecular flexibility index (Phi) is 4.16. The van der Waals surface area contributed by atoms with Crippen LogP contribution in [0.25, 0.3) is 5.69 Å². The van der Waals surface area contributed by atoms with E-state index in [9.17, 15) is 14.4 Å². The number of fused-ring (bicyclic) bond motifs is 1. The molecule has 1 fully saturated rings. The van der Waals surface area contributed by atoms with Crippen molar-refractivity contribution in [3.05, 3.63) is 50.8 Å². The van der Waals surface area contributed by atoms with E-state index in [2.05, 4.69) is 22.2 Å². The van der Waals surface area contributed by atoms with Gasteiger partial charge in [0.15, 0.2) is 0 Å². The Bertz CT molecular complexity index is 1020. The van der Waals surface area contributed by atoms with E-state index in [-0.39, 0.29) is 16.9 Å². The number of carbonyl (C=O) groups is 2. The summed E-state index contributed by atoms with van der Waals surface area (Å²) in [5.74, 6) is -1.34. The average molecular weight is 388 g/mol. The molecule has 2 aliphatic heterocycles. The number of anilines is 2. The number of pyridine rings is 1. The Hall–Kier alpha value is -2.84. The maximum Gasteiger partial charge on any atom is 0.262 e. The lowest BCUT2D eigenvalue weighted by atomic mass is 10.1. The second-order valence-electron chi connectivity index (χ2n) is 6.70. The van der Waals surface area contributed by atoms with Gasteiger partial charge in [0.1, 0.15) is 5.82 Å². The number of likely N-dealkylation sites (N-methyl/N-ethyl adjacent to an activating group) is 1. The number of nitrogens with two attached hydrogens (primary N) is 1. The molecule has 0 bridgehead atoms. The summed E-state index contributed by atoms with van der Waals surface area (Å²) in [6, 6.07) is 6.47. The first-order chi connectivity index (χ1) is 12.9. The molecule has 0 unspecified atom stereocenters. The molecule has 1 aromatic heterocycles. The Morgan fingerprint density at radius 3 is 2.41 bits per heavy atom. The number of halogens is 1. The number of amides is 2. The lowest BCUT2D eigenvalue weighted by Crippen LogP contribution is -2.44. The second kappa shape index (κ2) is 6.40. The standard InChI is InChI=1S/C18H18ClN5O3/c1-22-4-6-23(7-5-22)10-2-3-13(12(19)8-10)24-14(25)9-11-15(16(24)20)18(27)21-17(11)26/h2-3,8-9H,4-7,20H2,1H3,(H,21,26,27). The summed E-state index contributed by atoms with van der Waals surface area (Å²) < 4.78 is 1.16. The summed E-state index contributed by atoms with van der Waals surface area (Å²) in [4.78, 5) is 40.8. The van der Waals surface area contributed by atoms with Crippen LogP contribution in [0.3, 0.4) is 0 Å². The van der Waals surface area contributed by atoms with Crippen molar-refractivity contribution in [2.45, 2.75) is 0 Å². The minimum atomic E-state index is -0.623. The van der Waals surface area contributed by atoms with E-state index in [0.29, 0.717) is 10.7 Å². The molecule has 9 heteroatoms. The highest BCUT2D eigenvalue weighted by molar-refractivity contribution is 6.32. The van der Waals surface area contributed by atoms with E-state index < -0.39 is 17.4 Å². The summed E-state index contributed by atoms with van der Waals surface area (Å²) in [7, 11) is 2.08. The van der Waals surface area contributed by atoms with Crippen LogP contribution in [0.15, 0.2) is 29.1 Å². The molecule has 1 aromatic carbocycles. The van der Waals surface area contributed by atoms with Crippen LogP contribution in [0.2, 0.25) is 5.02 Å². The number of benzene rings is 1. The van der Waals surface area contributed by atoms with E-state index in [1.807, 2.05) is 6.07 Å². The third kappa shape index (κ3) is 2.87. The summed E-state index contributed by atoms with van der Waals surface area (Å²) in [6.45, 7) is 3.68. The lowest BCUT2D eigenvalue weighted by Gasteiger charge is -2.34. The summed E-state index contributed by atoms with van der Waals surface area (Å²) in [5, 5.41) is 2.48. The Morgan fingerprint density at radius 2 is 1.74 bits per heavy atom. The average Bonchev–Trinajstić information content (AvgIpc) is 2.90. The highest BCUT2D eigenvalue weighted by Gasteiger charge is 2.32. The lowest BCUT2D eigenvalue weighted by molar-refractivity contribution is 0.0880. The first kappa shape index (κ1) is 17.6. The van der Waals surface area contributed by atoms with Gasteiger partial charge in [-0.3, -0.25) is 24.3 Å². The number of piperazine rings is 1. The highest BCUT2D eigenvalue weighted by atomic mass is 35.5. The van der Waals surface area contributed by atoms with Crippen LogP contribution in [0.5, 0.6) is 0 Å². The molecule has 3 heterocycles. The van der Waals surface area contributed by atoms with Crippen molar-refractivity contribution in [3.63, 3.8) is 0 Å². The number of nitrogens with one attached hydrogen (secondary N) is 1. The maximum atomic E-state index is 12.5. The van der Waals surface area contributed by atoms with Crippen LogP contribution < -0.4 is 21.5 Å². The number of carbonyl (C=O) groups excluding carboxylic acids is 2. The fourth-order valence-corrected chi connectivity index (χ4v) is 3.73. The van der Waals surface area contributed by atoms with Crippen LogP contribution in [-0.2, 0) is 0 Å². The SMILES string of the molecule is CN1CCN(c2ccc(-n3c(N)c4c(cc3=O)C(=O)NC4=O)c(Cl)c2)CC1. The third-order valence-electron chi connectivity index (χ3n) is 4.99. The molecule has 0 saturated carbocycles. The number of nitrogens with zero attached hydrogens (tertiary/aromatic N) is 3. The van der Waals surface area contributed by atoms with Crippen LogP contribution in [0.1, 0.15) is 20.7 Å². The zero-order chi connectivity index (χ0) is 19.3. The zero-order valence-corrected chi connectivity index (χ0v) is 15.4. The van der Waals surface area contributed by atoms with Gasteiger partial charge in [-0.1, -0.05) is 11.6 Å². The Balaban J connectivity index is 1.77. The van der Waals surface area contributed by atoms with E-state index in [4.69, 9.17) is 17.3 Å². The maximum absolute atomic E-state index is 12.5. The van der Waals surface area contributed by atoms with Gasteiger partial charge >= 0.3 is 0 Å². The molecule has 2 aliphatic rings. The normalized spacial score (nSPS) is 17.2. The molecule has 1 saturated heterocycles. The predicted octanol–water partition coefficient (Wildman–Crippen LogP) is 0.709. The van der Waals surface area contributed by atoms with Gasteiger partial charge in [-0.2, -0.15) is 0 Å². The molecule has 27 heavy (non-hydrogen) atoms. The quantitative estimate of drug-likeness (QED) is 0.736. The van der Waals surface area contributed by atoms with Crippen molar-refractivity contribution >= 4 is 34.9 Å². The van der Waals surface area contributed by atoms with Gasteiger partial charge in [0.2, 0.25) is 0 Å². The largest absolute Gasteiger partial charge is 0.384 e. The van der Waals surface area contributed by atoms with Gasteiger partial charge in [0, 0.05) is 37.9 Å². The van der Waals surface area contributed by atoms with Gasteiger partial charge in [-0.05, 0) is 25.2 Å². The molecule has 0 aliphatic carbocycles. The monoisotopic (exact) mass is 387 g/mol. The molecule has 3 N–H and O–H groups in total. The van der Waals surface area contributed by atoms with E-state index >= 15 is 0 Å². The van der Waals surface area contributed by atoms with Crippen LogP contribution >= 0.6 is 11.6 Å². The molecular weight excluding hydrogens is 370 g/mol. The first-order valence-corrected chi connectivity index (χ1v) is 8.89. The fourth-order valence-electron chi connectivity index (χ4n) is 3.47. The number of imide groups is 1. The topological polar surface area (TPSA) is 101 Å². The number of aromatic nitrogens is 1. The van der Waals surface area contributed by atoms with Gasteiger partial charge in [-0.15, -0.1) is 0 Å². The van der Waals surface area contributed by atoms with E-state index in [0.717, 1.165) is 42.5 Å². The van der Waals surface area contributed by atoms with Crippen molar-refractivity contribution in [1.82, 2.24) is 14.8 Å². The van der Waals surface area contributed by atoms with E-state index in [1.165, 1.54) is 0 Å². The molecule has 4 rings (SSSR count). The van der Waals surface area contributed by atoms with Crippen LogP contribution in [-0.4, -0.2) is 54.5 Å². The zero-order valence-electron chi connectivity index (χ0n) is 14.7. The van der Waals surface area contributed by atoms with E-state index in [1.54, 1.807) is 12.1 Å². The van der Waals surface area contributed by atoms with Crippen molar-refractivity contribution in [3.8, 4) is 5.69 Å². The predicted molar refractivity (Wildman–Crippen MR) is 103 cm³/mol. The van der Waals surface area contributed by atoms with Gasteiger partial charge in [0.25, 0.3) is 17.4 Å². The minimum absolute atomic E-state index is 0.00110. The molecule has 0 spiro atoms. The van der Waals surface area contributed by atoms with Crippen molar-refractivity contribution in [2.75, 3.05) is 43.9 Å². The van der Waals surface area contributed by atoms with Crippen molar-refractivity contribution in [1.29, 1.82) is 0 Å². The van der Waals surface area contributed by atoms with Crippen LogP contribution in [0.4, 0.5) is 11.5 Å². The minimum Gasteiger partial charge on any atom is -0.384 e. The molecule has 8 nitrogen and oxygen atoms in total. The van der Waals surface area contributed by atoms with Crippen LogP contribution in [0, 0.1) is 0 Å². The molecule has 0 radical (unpaired) electrons. The first-order valence-electron chi connectivity index (χ1n) is 8.51. The molecule has 2 amide bonds. The third-order valence-corrected chi connectivity index (χ3v) is 5.30. The molecule has 2 aromatic rings. The Morgan fingerprint density at radius 1 is 1.04 bits per heavy atom. The number of nitrogen functional groups attached to an aromatic ring is 1. The number of rotatable bonds is 2. The summed E-state index contributed by atoms with van der Waals surface area (Å²) >= 11 is 6.45. The van der Waals surface area contributed by atoms with Gasteiger partial charge in [-0.25, -0.2) is 0 Å².